The van der Waals surface area contributed by atoms with Crippen LogP contribution in [0.1, 0.15) is 19.4 Å². The number of fused-ring (bicyclic) bond motifs is 2. The van der Waals surface area contributed by atoms with Crippen LogP contribution in [0.25, 0.3) is 0 Å². The van der Waals surface area contributed by atoms with E-state index in [1.165, 1.54) is 5.56 Å². The SMILES string of the molecule is CC[N+](CC)(CC(=O)N1c2ccccc2Sc2ccccc21)Cc1ccccc1. The number of quaternary nitrogens is 1. The zero-order valence-electron chi connectivity index (χ0n) is 17.0. The lowest BCUT2D eigenvalue weighted by atomic mass is 10.1. The highest BCUT2D eigenvalue weighted by Crippen LogP contribution is 2.48. The fraction of sp³-hybridized carbons (Fsp3) is 0.240. The Morgan fingerprint density at radius 2 is 1.31 bits per heavy atom. The average molecular weight is 404 g/mol. The molecule has 0 aromatic heterocycles. The summed E-state index contributed by atoms with van der Waals surface area (Å²) < 4.78 is 0.747. The number of amides is 1. The first kappa shape index (κ1) is 19.7. The first-order valence-electron chi connectivity index (χ1n) is 10.2. The zero-order chi connectivity index (χ0) is 20.3. The van der Waals surface area contributed by atoms with Crippen molar-refractivity contribution in [3.63, 3.8) is 0 Å². The molecule has 0 aliphatic carbocycles. The highest BCUT2D eigenvalue weighted by Gasteiger charge is 2.34. The van der Waals surface area contributed by atoms with Crippen molar-refractivity contribution < 1.29 is 9.28 Å². The van der Waals surface area contributed by atoms with Crippen molar-refractivity contribution in [3.8, 4) is 0 Å². The Hall–Kier alpha value is -2.56. The van der Waals surface area contributed by atoms with Crippen LogP contribution in [0.4, 0.5) is 11.4 Å². The molecule has 0 unspecified atom stereocenters. The van der Waals surface area contributed by atoms with Gasteiger partial charge in [0.25, 0.3) is 5.91 Å². The first-order valence-corrected chi connectivity index (χ1v) is 11.1. The van der Waals surface area contributed by atoms with E-state index in [1.54, 1.807) is 11.8 Å². The normalized spacial score (nSPS) is 13.0. The summed E-state index contributed by atoms with van der Waals surface area (Å²) in [6.45, 7) is 7.56. The standard InChI is InChI=1S/C25H27N2OS/c1-3-27(4-2,18-20-12-6-5-7-13-20)19-25(28)26-21-14-8-10-16-23(21)29-24-17-11-9-15-22(24)26/h5-17H,3-4,18-19H2,1-2H3/q+1. The fourth-order valence-corrected chi connectivity index (χ4v) is 5.09. The monoisotopic (exact) mass is 403 g/mol. The van der Waals surface area contributed by atoms with E-state index < -0.39 is 0 Å². The number of nitrogens with zero attached hydrogens (tertiary/aromatic N) is 2. The van der Waals surface area contributed by atoms with Crippen molar-refractivity contribution in [3.05, 3.63) is 84.4 Å². The molecule has 0 spiro atoms. The molecule has 0 fully saturated rings. The molecule has 1 aliphatic heterocycles. The zero-order valence-corrected chi connectivity index (χ0v) is 17.9. The molecule has 4 rings (SSSR count). The lowest BCUT2D eigenvalue weighted by Gasteiger charge is -2.39. The maximum Gasteiger partial charge on any atom is 0.286 e. The molecular formula is C25H27N2OS+. The van der Waals surface area contributed by atoms with Gasteiger partial charge in [0.1, 0.15) is 6.54 Å². The van der Waals surface area contributed by atoms with Gasteiger partial charge in [0, 0.05) is 15.4 Å². The second kappa shape index (κ2) is 8.44. The van der Waals surface area contributed by atoms with Gasteiger partial charge in [0.15, 0.2) is 6.54 Å². The Kier molecular flexibility index (Phi) is 5.74. The largest absolute Gasteiger partial charge is 0.313 e. The summed E-state index contributed by atoms with van der Waals surface area (Å²) in [5, 5.41) is 0. The summed E-state index contributed by atoms with van der Waals surface area (Å²) in [4.78, 5) is 17.9. The molecule has 0 N–H and O–H groups in total. The number of carbonyl (C=O) groups is 1. The minimum atomic E-state index is 0.157. The summed E-state index contributed by atoms with van der Waals surface area (Å²) >= 11 is 1.74. The molecule has 0 atom stereocenters. The van der Waals surface area contributed by atoms with Crippen molar-refractivity contribution in [1.82, 2.24) is 0 Å². The first-order chi connectivity index (χ1) is 14.2. The Morgan fingerprint density at radius 1 is 0.793 bits per heavy atom. The topological polar surface area (TPSA) is 20.3 Å². The van der Waals surface area contributed by atoms with Crippen molar-refractivity contribution in [2.75, 3.05) is 24.5 Å². The Morgan fingerprint density at radius 3 is 1.86 bits per heavy atom. The Labute approximate surface area is 177 Å². The number of hydrogen-bond acceptors (Lipinski definition) is 2. The predicted molar refractivity (Wildman–Crippen MR) is 121 cm³/mol. The Balaban J connectivity index is 1.68. The molecular weight excluding hydrogens is 376 g/mol. The number of para-hydroxylation sites is 2. The summed E-state index contributed by atoms with van der Waals surface area (Å²) in [7, 11) is 0. The molecule has 0 saturated heterocycles. The molecule has 0 bridgehead atoms. The summed E-state index contributed by atoms with van der Waals surface area (Å²) in [5.41, 5.74) is 3.26. The van der Waals surface area contributed by atoms with E-state index in [9.17, 15) is 4.79 Å². The van der Waals surface area contributed by atoms with Crippen LogP contribution >= 0.6 is 11.8 Å². The summed E-state index contributed by atoms with van der Waals surface area (Å²) in [6.07, 6.45) is 0. The van der Waals surface area contributed by atoms with Crippen molar-refractivity contribution in [1.29, 1.82) is 0 Å². The summed E-state index contributed by atoms with van der Waals surface area (Å²) in [6, 6.07) is 26.9. The fourth-order valence-electron chi connectivity index (χ4n) is 4.03. The molecule has 29 heavy (non-hydrogen) atoms. The van der Waals surface area contributed by atoms with Gasteiger partial charge >= 0.3 is 0 Å². The van der Waals surface area contributed by atoms with Gasteiger partial charge in [-0.25, -0.2) is 0 Å². The predicted octanol–water partition coefficient (Wildman–Crippen LogP) is 5.87. The van der Waals surface area contributed by atoms with Gasteiger partial charge in [-0.05, 0) is 38.1 Å². The highest BCUT2D eigenvalue weighted by molar-refractivity contribution is 7.99. The van der Waals surface area contributed by atoms with E-state index in [0.717, 1.165) is 45.3 Å². The number of carbonyl (C=O) groups excluding carboxylic acids is 1. The molecule has 0 saturated carbocycles. The molecule has 0 radical (unpaired) electrons. The number of rotatable bonds is 6. The van der Waals surface area contributed by atoms with E-state index in [-0.39, 0.29) is 5.91 Å². The Bertz CT molecular complexity index is 953. The summed E-state index contributed by atoms with van der Waals surface area (Å²) in [5.74, 6) is 0.157. The maximum atomic E-state index is 13.7. The van der Waals surface area contributed by atoms with E-state index in [1.807, 2.05) is 35.2 Å². The van der Waals surface area contributed by atoms with Crippen LogP contribution in [-0.2, 0) is 11.3 Å². The van der Waals surface area contributed by atoms with Crippen LogP contribution in [0.2, 0.25) is 0 Å². The molecule has 148 valence electrons. The maximum absolute atomic E-state index is 13.7. The van der Waals surface area contributed by atoms with E-state index in [2.05, 4.69) is 62.4 Å². The second-order valence-electron chi connectivity index (χ2n) is 7.54. The number of likely N-dealkylation sites (N-methyl/N-ethyl adjacent to an activating group) is 1. The molecule has 3 nitrogen and oxygen atoms in total. The van der Waals surface area contributed by atoms with Crippen LogP contribution in [0.5, 0.6) is 0 Å². The van der Waals surface area contributed by atoms with E-state index in [0.29, 0.717) is 6.54 Å². The molecule has 3 aromatic carbocycles. The smallest absolute Gasteiger partial charge is 0.286 e. The van der Waals surface area contributed by atoms with Gasteiger partial charge in [-0.1, -0.05) is 66.4 Å². The molecule has 1 amide bonds. The highest BCUT2D eigenvalue weighted by atomic mass is 32.2. The van der Waals surface area contributed by atoms with E-state index >= 15 is 0 Å². The quantitative estimate of drug-likeness (QED) is 0.480. The van der Waals surface area contributed by atoms with Gasteiger partial charge in [0.05, 0.1) is 24.5 Å². The minimum Gasteiger partial charge on any atom is -0.313 e. The van der Waals surface area contributed by atoms with Crippen molar-refractivity contribution in [2.24, 2.45) is 0 Å². The third-order valence-electron chi connectivity index (χ3n) is 5.85. The van der Waals surface area contributed by atoms with Crippen LogP contribution in [0, 0.1) is 0 Å². The number of anilines is 2. The average Bonchev–Trinajstić information content (AvgIpc) is 2.77. The van der Waals surface area contributed by atoms with Crippen LogP contribution in [-0.4, -0.2) is 30.0 Å². The molecule has 4 heteroatoms. The number of hydrogen-bond donors (Lipinski definition) is 0. The van der Waals surface area contributed by atoms with Crippen LogP contribution < -0.4 is 4.90 Å². The molecule has 1 heterocycles. The van der Waals surface area contributed by atoms with Gasteiger partial charge in [0.2, 0.25) is 0 Å². The minimum absolute atomic E-state index is 0.157. The van der Waals surface area contributed by atoms with Crippen LogP contribution in [0.15, 0.2) is 88.7 Å². The van der Waals surface area contributed by atoms with Crippen LogP contribution in [0.3, 0.4) is 0 Å². The van der Waals surface area contributed by atoms with Crippen molar-refractivity contribution in [2.45, 2.75) is 30.2 Å². The third-order valence-corrected chi connectivity index (χ3v) is 6.99. The molecule has 3 aromatic rings. The van der Waals surface area contributed by atoms with Gasteiger partial charge in [-0.15, -0.1) is 0 Å². The molecule has 1 aliphatic rings. The van der Waals surface area contributed by atoms with E-state index in [4.69, 9.17) is 0 Å². The third kappa shape index (κ3) is 3.96. The van der Waals surface area contributed by atoms with Gasteiger partial charge in [-0.2, -0.15) is 0 Å². The van der Waals surface area contributed by atoms with Crippen molar-refractivity contribution >= 4 is 29.0 Å². The van der Waals surface area contributed by atoms with Gasteiger partial charge in [-0.3, -0.25) is 9.69 Å². The number of benzene rings is 3. The lowest BCUT2D eigenvalue weighted by molar-refractivity contribution is -0.930. The van der Waals surface area contributed by atoms with Gasteiger partial charge < -0.3 is 4.48 Å². The second-order valence-corrected chi connectivity index (χ2v) is 8.63. The lowest BCUT2D eigenvalue weighted by Crippen LogP contribution is -2.53.